The molecule has 0 aliphatic rings. The Bertz CT molecular complexity index is 306. The number of rotatable bonds is 1. The third-order valence-corrected chi connectivity index (χ3v) is 1.90. The highest BCUT2D eigenvalue weighted by atomic mass is 19.2. The number of aldehydes is 1. The molecular formula is C9H8F2O. The van der Waals surface area contributed by atoms with Crippen LogP contribution in [-0.4, -0.2) is 6.29 Å². The predicted molar refractivity (Wildman–Crippen MR) is 41.2 cm³/mol. The zero-order chi connectivity index (χ0) is 9.30. The van der Waals surface area contributed by atoms with Crippen LogP contribution in [0.5, 0.6) is 0 Å². The summed E-state index contributed by atoms with van der Waals surface area (Å²) in [5, 5.41) is 0. The van der Waals surface area contributed by atoms with E-state index in [2.05, 4.69) is 0 Å². The third kappa shape index (κ3) is 1.22. The average molecular weight is 170 g/mol. The Morgan fingerprint density at radius 2 is 1.92 bits per heavy atom. The molecule has 0 bridgehead atoms. The lowest BCUT2D eigenvalue weighted by molar-refractivity contribution is 0.111. The predicted octanol–water partition coefficient (Wildman–Crippen LogP) is 2.39. The van der Waals surface area contributed by atoms with Crippen LogP contribution in [0.3, 0.4) is 0 Å². The number of carbonyl (C=O) groups is 1. The van der Waals surface area contributed by atoms with Gasteiger partial charge in [-0.15, -0.1) is 0 Å². The van der Waals surface area contributed by atoms with E-state index in [-0.39, 0.29) is 5.56 Å². The Kier molecular flexibility index (Phi) is 2.22. The molecule has 0 fully saturated rings. The van der Waals surface area contributed by atoms with Crippen LogP contribution in [0.25, 0.3) is 0 Å². The summed E-state index contributed by atoms with van der Waals surface area (Å²) < 4.78 is 25.5. The third-order valence-electron chi connectivity index (χ3n) is 1.90. The zero-order valence-corrected chi connectivity index (χ0v) is 6.82. The van der Waals surface area contributed by atoms with Crippen molar-refractivity contribution in [1.82, 2.24) is 0 Å². The van der Waals surface area contributed by atoms with Crippen molar-refractivity contribution in [2.24, 2.45) is 0 Å². The molecule has 0 spiro atoms. The second-order valence-corrected chi connectivity index (χ2v) is 2.65. The molecule has 12 heavy (non-hydrogen) atoms. The van der Waals surface area contributed by atoms with Crippen molar-refractivity contribution in [3.05, 3.63) is 34.4 Å². The van der Waals surface area contributed by atoms with Crippen LogP contribution in [0, 0.1) is 25.5 Å². The van der Waals surface area contributed by atoms with Gasteiger partial charge in [-0.2, -0.15) is 0 Å². The first-order chi connectivity index (χ1) is 5.57. The molecule has 1 nitrogen and oxygen atoms in total. The molecule has 0 unspecified atom stereocenters. The zero-order valence-electron chi connectivity index (χ0n) is 6.82. The van der Waals surface area contributed by atoms with E-state index in [1.165, 1.54) is 0 Å². The summed E-state index contributed by atoms with van der Waals surface area (Å²) in [7, 11) is 0. The molecule has 1 aromatic rings. The van der Waals surface area contributed by atoms with Gasteiger partial charge in [0.25, 0.3) is 0 Å². The molecule has 64 valence electrons. The number of aryl methyl sites for hydroxylation is 1. The first kappa shape index (κ1) is 8.84. The van der Waals surface area contributed by atoms with Crippen LogP contribution in [0.4, 0.5) is 8.78 Å². The molecule has 0 heterocycles. The molecule has 1 aromatic carbocycles. The van der Waals surface area contributed by atoms with Crippen molar-refractivity contribution >= 4 is 6.29 Å². The molecular weight excluding hydrogens is 162 g/mol. The molecule has 0 aliphatic heterocycles. The Balaban J connectivity index is 3.52. The van der Waals surface area contributed by atoms with Crippen molar-refractivity contribution in [2.45, 2.75) is 13.8 Å². The van der Waals surface area contributed by atoms with Gasteiger partial charge in [0, 0.05) is 0 Å². The van der Waals surface area contributed by atoms with E-state index in [0.717, 1.165) is 6.07 Å². The molecule has 0 N–H and O–H groups in total. The van der Waals surface area contributed by atoms with Crippen LogP contribution in [0.2, 0.25) is 0 Å². The standard InChI is InChI=1S/C9H8F2O/c1-5-3-8(10)9(11)7(4-12)6(5)2/h3-4H,1-2H3. The molecule has 0 saturated carbocycles. The highest BCUT2D eigenvalue weighted by Crippen LogP contribution is 2.18. The molecule has 0 saturated heterocycles. The minimum atomic E-state index is -1.06. The van der Waals surface area contributed by atoms with Gasteiger partial charge in [0.05, 0.1) is 5.56 Å². The lowest BCUT2D eigenvalue weighted by Gasteiger charge is -2.04. The van der Waals surface area contributed by atoms with Crippen LogP contribution in [0.15, 0.2) is 6.07 Å². The number of hydrogen-bond acceptors (Lipinski definition) is 1. The second kappa shape index (κ2) is 3.01. The van der Waals surface area contributed by atoms with Gasteiger partial charge in [-0.3, -0.25) is 4.79 Å². The van der Waals surface area contributed by atoms with Crippen molar-refractivity contribution in [3.8, 4) is 0 Å². The molecule has 0 aromatic heterocycles. The number of halogens is 2. The molecule has 0 amide bonds. The second-order valence-electron chi connectivity index (χ2n) is 2.65. The smallest absolute Gasteiger partial charge is 0.169 e. The van der Waals surface area contributed by atoms with Gasteiger partial charge in [0.1, 0.15) is 0 Å². The van der Waals surface area contributed by atoms with E-state index in [1.807, 2.05) is 0 Å². The lowest BCUT2D eigenvalue weighted by atomic mass is 10.0. The topological polar surface area (TPSA) is 17.1 Å². The Morgan fingerprint density at radius 1 is 1.33 bits per heavy atom. The molecule has 0 aliphatic carbocycles. The quantitative estimate of drug-likeness (QED) is 0.591. The minimum absolute atomic E-state index is 0.187. The first-order valence-electron chi connectivity index (χ1n) is 3.48. The highest BCUT2D eigenvalue weighted by molar-refractivity contribution is 5.78. The van der Waals surface area contributed by atoms with Crippen molar-refractivity contribution < 1.29 is 13.6 Å². The van der Waals surface area contributed by atoms with Crippen LogP contribution in [-0.2, 0) is 0 Å². The van der Waals surface area contributed by atoms with Gasteiger partial charge in [0.15, 0.2) is 17.9 Å². The van der Waals surface area contributed by atoms with E-state index in [9.17, 15) is 13.6 Å². The van der Waals surface area contributed by atoms with Gasteiger partial charge < -0.3 is 0 Å². The summed E-state index contributed by atoms with van der Waals surface area (Å²) in [6, 6.07) is 1.08. The monoisotopic (exact) mass is 170 g/mol. The van der Waals surface area contributed by atoms with E-state index >= 15 is 0 Å². The largest absolute Gasteiger partial charge is 0.298 e. The van der Waals surface area contributed by atoms with Gasteiger partial charge in [-0.1, -0.05) is 0 Å². The summed E-state index contributed by atoms with van der Waals surface area (Å²) in [4.78, 5) is 10.3. The Labute approximate surface area is 69.0 Å². The SMILES string of the molecule is Cc1cc(F)c(F)c(C=O)c1C. The normalized spacial score (nSPS) is 10.0. The maximum atomic E-state index is 12.8. The van der Waals surface area contributed by atoms with Crippen LogP contribution >= 0.6 is 0 Å². The van der Waals surface area contributed by atoms with Crippen LogP contribution in [0.1, 0.15) is 21.5 Å². The van der Waals surface area contributed by atoms with Crippen molar-refractivity contribution in [2.75, 3.05) is 0 Å². The van der Waals surface area contributed by atoms with E-state index in [1.54, 1.807) is 13.8 Å². The van der Waals surface area contributed by atoms with Gasteiger partial charge in [-0.25, -0.2) is 8.78 Å². The summed E-state index contributed by atoms with van der Waals surface area (Å²) in [6.45, 7) is 3.21. The first-order valence-corrected chi connectivity index (χ1v) is 3.48. The molecule has 0 atom stereocenters. The number of benzene rings is 1. The molecule has 1 rings (SSSR count). The van der Waals surface area contributed by atoms with E-state index < -0.39 is 11.6 Å². The van der Waals surface area contributed by atoms with Crippen LogP contribution < -0.4 is 0 Å². The minimum Gasteiger partial charge on any atom is -0.298 e. The highest BCUT2D eigenvalue weighted by Gasteiger charge is 2.12. The summed E-state index contributed by atoms with van der Waals surface area (Å²) >= 11 is 0. The van der Waals surface area contributed by atoms with E-state index in [4.69, 9.17) is 0 Å². The fourth-order valence-corrected chi connectivity index (χ4v) is 1.01. The molecule has 0 radical (unpaired) electrons. The Morgan fingerprint density at radius 3 is 2.42 bits per heavy atom. The number of carbonyl (C=O) groups excluding carboxylic acids is 1. The maximum Gasteiger partial charge on any atom is 0.169 e. The fraction of sp³-hybridized carbons (Fsp3) is 0.222. The lowest BCUT2D eigenvalue weighted by Crippen LogP contribution is -1.98. The summed E-state index contributed by atoms with van der Waals surface area (Å²) in [5.74, 6) is -2.03. The maximum absolute atomic E-state index is 12.8. The fourth-order valence-electron chi connectivity index (χ4n) is 1.01. The van der Waals surface area contributed by atoms with Gasteiger partial charge in [0.2, 0.25) is 0 Å². The Hall–Kier alpha value is -1.25. The molecule has 3 heteroatoms. The number of hydrogen-bond donors (Lipinski definition) is 0. The van der Waals surface area contributed by atoms with Gasteiger partial charge >= 0.3 is 0 Å². The summed E-state index contributed by atoms with van der Waals surface area (Å²) in [5.41, 5.74) is 0.882. The average Bonchev–Trinajstić information content (AvgIpc) is 2.02. The van der Waals surface area contributed by atoms with Crippen molar-refractivity contribution in [1.29, 1.82) is 0 Å². The van der Waals surface area contributed by atoms with Gasteiger partial charge in [-0.05, 0) is 31.0 Å². The summed E-state index contributed by atoms with van der Waals surface area (Å²) in [6.07, 6.45) is 0.334. The van der Waals surface area contributed by atoms with Crippen molar-refractivity contribution in [3.63, 3.8) is 0 Å². The van der Waals surface area contributed by atoms with E-state index in [0.29, 0.717) is 17.4 Å².